The highest BCUT2D eigenvalue weighted by atomic mass is 35.5. The molecule has 4 aromatic rings. The first-order valence-corrected chi connectivity index (χ1v) is 11.9. The lowest BCUT2D eigenvalue weighted by Gasteiger charge is -2.11. The Hall–Kier alpha value is -3.54. The summed E-state index contributed by atoms with van der Waals surface area (Å²) in [5, 5.41) is 10.3. The van der Waals surface area contributed by atoms with Gasteiger partial charge >= 0.3 is 0 Å². The number of fused-ring (bicyclic) bond motifs is 3. The number of thiophene rings is 1. The van der Waals surface area contributed by atoms with E-state index in [9.17, 15) is 4.79 Å². The van der Waals surface area contributed by atoms with Gasteiger partial charge in [-0.05, 0) is 50.3 Å². The van der Waals surface area contributed by atoms with Crippen LogP contribution < -0.4 is 0 Å². The zero-order valence-corrected chi connectivity index (χ0v) is 20.7. The molecule has 0 N–H and O–H groups in total. The fourth-order valence-corrected chi connectivity index (χ4v) is 5.36. The molecule has 34 heavy (non-hydrogen) atoms. The van der Waals surface area contributed by atoms with Gasteiger partial charge in [-0.3, -0.25) is 14.4 Å². The van der Waals surface area contributed by atoms with E-state index in [2.05, 4.69) is 33.9 Å². The van der Waals surface area contributed by atoms with Crippen LogP contribution in [0.3, 0.4) is 0 Å². The minimum absolute atomic E-state index is 0.0427. The summed E-state index contributed by atoms with van der Waals surface area (Å²) in [6, 6.07) is 7.16. The van der Waals surface area contributed by atoms with E-state index in [-0.39, 0.29) is 12.2 Å². The van der Waals surface area contributed by atoms with Crippen molar-refractivity contribution in [3.8, 4) is 16.8 Å². The fourth-order valence-electron chi connectivity index (χ4n) is 4.01. The molecule has 0 aliphatic carbocycles. The van der Waals surface area contributed by atoms with Crippen molar-refractivity contribution in [2.45, 2.75) is 33.2 Å². The van der Waals surface area contributed by atoms with E-state index in [0.717, 1.165) is 43.8 Å². The number of nitrogens with zero attached hydrogens (tertiary/aromatic N) is 6. The van der Waals surface area contributed by atoms with Crippen molar-refractivity contribution >= 4 is 34.4 Å². The van der Waals surface area contributed by atoms with Gasteiger partial charge in [0.25, 0.3) is 0 Å². The number of benzene rings is 1. The lowest BCUT2D eigenvalue weighted by atomic mass is 9.99. The molecule has 4 heterocycles. The number of halogens is 1. The zero-order valence-electron chi connectivity index (χ0n) is 19.1. The summed E-state index contributed by atoms with van der Waals surface area (Å²) in [6.45, 7) is 5.54. The van der Waals surface area contributed by atoms with Crippen LogP contribution in [0, 0.1) is 25.7 Å². The number of rotatable bonds is 3. The van der Waals surface area contributed by atoms with Gasteiger partial charge in [0.1, 0.15) is 28.3 Å². The largest absolute Gasteiger partial charge is 0.327 e. The first-order valence-electron chi connectivity index (χ1n) is 10.7. The predicted molar refractivity (Wildman–Crippen MR) is 133 cm³/mol. The summed E-state index contributed by atoms with van der Waals surface area (Å²) >= 11 is 7.74. The van der Waals surface area contributed by atoms with Crippen LogP contribution in [0.15, 0.2) is 41.8 Å². The minimum Gasteiger partial charge on any atom is -0.327 e. The lowest BCUT2D eigenvalue weighted by Crippen LogP contribution is -2.09. The van der Waals surface area contributed by atoms with Crippen LogP contribution in [0.5, 0.6) is 0 Å². The van der Waals surface area contributed by atoms with Crippen LogP contribution in [-0.2, 0) is 11.8 Å². The topological polar surface area (TPSA) is 78.0 Å². The number of Topliss-reactive ketones (excluding diaryl/α,β-unsaturated/α-hetero) is 1. The number of aryl methyl sites for hydroxylation is 2. The fraction of sp³-hybridized carbons (Fsp3) is 0.240. The van der Waals surface area contributed by atoms with Gasteiger partial charge in [0.2, 0.25) is 0 Å². The first kappa shape index (κ1) is 22.3. The maximum Gasteiger partial charge on any atom is 0.163 e. The Balaban J connectivity index is 1.77. The van der Waals surface area contributed by atoms with E-state index in [1.54, 1.807) is 30.8 Å². The van der Waals surface area contributed by atoms with E-state index >= 15 is 0 Å². The van der Waals surface area contributed by atoms with Gasteiger partial charge < -0.3 is 4.57 Å². The molecule has 0 radical (unpaired) electrons. The van der Waals surface area contributed by atoms with Crippen LogP contribution in [0.4, 0.5) is 0 Å². The third-order valence-electron chi connectivity index (χ3n) is 5.72. The molecule has 1 aliphatic heterocycles. The van der Waals surface area contributed by atoms with Crippen molar-refractivity contribution in [3.05, 3.63) is 80.7 Å². The average Bonchev–Trinajstić information content (AvgIpc) is 3.45. The normalized spacial score (nSPS) is 14.5. The number of hydrogen-bond acceptors (Lipinski definition) is 6. The number of aromatic nitrogens is 5. The second-order valence-electron chi connectivity index (χ2n) is 8.22. The molecule has 0 bridgehead atoms. The van der Waals surface area contributed by atoms with Crippen LogP contribution >= 0.6 is 22.9 Å². The van der Waals surface area contributed by atoms with Crippen molar-refractivity contribution < 1.29 is 4.79 Å². The zero-order chi connectivity index (χ0) is 24.0. The van der Waals surface area contributed by atoms with Crippen molar-refractivity contribution in [3.63, 3.8) is 0 Å². The van der Waals surface area contributed by atoms with Gasteiger partial charge in [-0.1, -0.05) is 23.7 Å². The molecule has 7 nitrogen and oxygen atoms in total. The molecule has 0 fully saturated rings. The maximum atomic E-state index is 12.1. The SMILES string of the molecule is CC(=O)C[C@@H]1N=C(c2ccc(Cl)cc2)c2c(sc(C#Cc3cncn3C)c2C)-n2c(C)nnc21. The van der Waals surface area contributed by atoms with E-state index in [1.807, 2.05) is 47.4 Å². The Kier molecular flexibility index (Phi) is 5.68. The van der Waals surface area contributed by atoms with E-state index in [1.165, 1.54) is 0 Å². The second kappa shape index (κ2) is 8.67. The third kappa shape index (κ3) is 3.87. The molecule has 1 aliphatic rings. The Morgan fingerprint density at radius 3 is 2.62 bits per heavy atom. The molecule has 0 spiro atoms. The molecule has 0 unspecified atom stereocenters. The van der Waals surface area contributed by atoms with Crippen LogP contribution in [0.1, 0.15) is 58.3 Å². The summed E-state index contributed by atoms with van der Waals surface area (Å²) in [7, 11) is 1.92. The van der Waals surface area contributed by atoms with E-state index in [0.29, 0.717) is 10.8 Å². The summed E-state index contributed by atoms with van der Waals surface area (Å²) < 4.78 is 3.90. The average molecular weight is 489 g/mol. The maximum absolute atomic E-state index is 12.1. The smallest absolute Gasteiger partial charge is 0.163 e. The molecule has 1 aromatic carbocycles. The minimum atomic E-state index is -0.438. The van der Waals surface area contributed by atoms with Gasteiger partial charge in [0.05, 0.1) is 23.1 Å². The van der Waals surface area contributed by atoms with Crippen LogP contribution in [0.25, 0.3) is 5.00 Å². The van der Waals surface area contributed by atoms with Crippen molar-refractivity contribution in [2.24, 2.45) is 12.0 Å². The number of ketones is 1. The Morgan fingerprint density at radius 2 is 1.94 bits per heavy atom. The molecule has 5 rings (SSSR count). The first-order chi connectivity index (χ1) is 16.3. The predicted octanol–water partition coefficient (Wildman–Crippen LogP) is 4.60. The van der Waals surface area contributed by atoms with Crippen molar-refractivity contribution in [1.29, 1.82) is 0 Å². The molecule has 3 aromatic heterocycles. The van der Waals surface area contributed by atoms with Gasteiger partial charge in [-0.25, -0.2) is 4.98 Å². The Morgan fingerprint density at radius 1 is 1.18 bits per heavy atom. The number of carbonyl (C=O) groups is 1. The highest BCUT2D eigenvalue weighted by Crippen LogP contribution is 2.39. The van der Waals surface area contributed by atoms with Gasteiger partial charge in [-0.2, -0.15) is 0 Å². The number of hydrogen-bond donors (Lipinski definition) is 0. The van der Waals surface area contributed by atoms with Crippen LogP contribution in [0.2, 0.25) is 5.02 Å². The highest BCUT2D eigenvalue weighted by Gasteiger charge is 2.32. The third-order valence-corrected chi connectivity index (χ3v) is 7.16. The molecule has 0 saturated carbocycles. The quantitative estimate of drug-likeness (QED) is 0.395. The molecule has 0 amide bonds. The molecule has 9 heteroatoms. The van der Waals surface area contributed by atoms with Crippen molar-refractivity contribution in [1.82, 2.24) is 24.3 Å². The molecule has 1 atom stereocenters. The summed E-state index contributed by atoms with van der Waals surface area (Å²) in [5.41, 5.74) is 4.53. The number of aliphatic imine (C=N–C) groups is 1. The Bertz CT molecular complexity index is 1510. The van der Waals surface area contributed by atoms with Crippen molar-refractivity contribution in [2.75, 3.05) is 0 Å². The molecular formula is C25H21ClN6OS. The molecule has 170 valence electrons. The summed E-state index contributed by atoms with van der Waals surface area (Å²) in [4.78, 5) is 22.3. The number of carbonyl (C=O) groups excluding carboxylic acids is 1. The Labute approximate surface area is 206 Å². The van der Waals surface area contributed by atoms with Gasteiger partial charge in [0.15, 0.2) is 5.82 Å². The molecule has 0 saturated heterocycles. The molecular weight excluding hydrogens is 468 g/mol. The van der Waals surface area contributed by atoms with Gasteiger partial charge in [-0.15, -0.1) is 21.5 Å². The standard InChI is InChI=1S/C25H21ClN6OS/c1-14(33)11-20-24-30-29-16(3)32(24)25-22(23(28-20)17-5-7-18(26)8-6-17)15(2)21(34-25)10-9-19-12-27-13-31(19)4/h5-8,12-13,20H,11H2,1-4H3/t20-/m0/s1. The van der Waals surface area contributed by atoms with E-state index < -0.39 is 6.04 Å². The second-order valence-corrected chi connectivity index (χ2v) is 9.66. The lowest BCUT2D eigenvalue weighted by molar-refractivity contribution is -0.117. The van der Waals surface area contributed by atoms with Gasteiger partial charge in [0, 0.05) is 29.6 Å². The highest BCUT2D eigenvalue weighted by molar-refractivity contribution is 7.15. The monoisotopic (exact) mass is 488 g/mol. The van der Waals surface area contributed by atoms with E-state index in [4.69, 9.17) is 16.6 Å². The number of imidazole rings is 1. The summed E-state index contributed by atoms with van der Waals surface area (Å²) in [6.07, 6.45) is 3.72. The summed E-state index contributed by atoms with van der Waals surface area (Å²) in [5.74, 6) is 7.99. The van der Waals surface area contributed by atoms with Crippen LogP contribution in [-0.4, -0.2) is 35.8 Å².